The minimum absolute atomic E-state index is 0.290. The molecule has 0 radical (unpaired) electrons. The van der Waals surface area contributed by atoms with Crippen molar-refractivity contribution in [2.45, 2.75) is 13.0 Å². The van der Waals surface area contributed by atoms with Crippen LogP contribution in [0.5, 0.6) is 5.75 Å². The van der Waals surface area contributed by atoms with E-state index in [1.165, 1.54) is 0 Å². The molecule has 1 aliphatic rings. The normalized spacial score (nSPS) is 13.3. The Morgan fingerprint density at radius 3 is 2.85 bits per heavy atom. The van der Waals surface area contributed by atoms with Crippen LogP contribution in [-0.2, 0) is 13.0 Å². The topological polar surface area (TPSA) is 60.8 Å². The lowest BCUT2D eigenvalue weighted by Gasteiger charge is -2.19. The summed E-state index contributed by atoms with van der Waals surface area (Å²) in [4.78, 5) is 13.2. The third kappa shape index (κ3) is 2.32. The van der Waals surface area contributed by atoms with Gasteiger partial charge in [0.25, 0.3) is 0 Å². The molecule has 0 spiro atoms. The molecule has 0 amide bonds. The zero-order valence-corrected chi connectivity index (χ0v) is 10.9. The molecule has 0 atom stereocenters. The minimum atomic E-state index is -0.904. The number of hydrogen-bond acceptors (Lipinski definition) is 3. The maximum Gasteiger partial charge on any atom is 0.335 e. The monoisotopic (exact) mass is 269 g/mol. The summed E-state index contributed by atoms with van der Waals surface area (Å²) in [6, 6.07) is 12.4. The average molecular weight is 269 g/mol. The number of aromatic carboxylic acids is 1. The number of hydrogen-bond donors (Lipinski definition) is 2. The van der Waals surface area contributed by atoms with E-state index in [0.29, 0.717) is 17.9 Å². The van der Waals surface area contributed by atoms with E-state index in [1.54, 1.807) is 30.3 Å². The number of phenols is 1. The van der Waals surface area contributed by atoms with Crippen LogP contribution >= 0.6 is 0 Å². The van der Waals surface area contributed by atoms with Gasteiger partial charge in [-0.15, -0.1) is 0 Å². The van der Waals surface area contributed by atoms with E-state index in [1.807, 2.05) is 12.1 Å². The maximum absolute atomic E-state index is 11.0. The molecule has 0 aliphatic carbocycles. The van der Waals surface area contributed by atoms with E-state index in [9.17, 15) is 9.90 Å². The molecule has 2 aromatic carbocycles. The highest BCUT2D eigenvalue weighted by Crippen LogP contribution is 2.31. The Balaban J connectivity index is 1.84. The van der Waals surface area contributed by atoms with Gasteiger partial charge in [0.2, 0.25) is 0 Å². The first-order valence-electron chi connectivity index (χ1n) is 6.52. The molecule has 4 nitrogen and oxygen atoms in total. The molecule has 0 aromatic heterocycles. The van der Waals surface area contributed by atoms with E-state index >= 15 is 0 Å². The second-order valence-corrected chi connectivity index (χ2v) is 4.99. The summed E-state index contributed by atoms with van der Waals surface area (Å²) in [6.45, 7) is 1.56. The van der Waals surface area contributed by atoms with E-state index in [4.69, 9.17) is 5.11 Å². The van der Waals surface area contributed by atoms with Crippen molar-refractivity contribution in [3.8, 4) is 5.75 Å². The van der Waals surface area contributed by atoms with Crippen LogP contribution in [0.25, 0.3) is 0 Å². The van der Waals surface area contributed by atoms with Crippen molar-refractivity contribution in [1.82, 2.24) is 0 Å². The summed E-state index contributed by atoms with van der Waals surface area (Å²) in [6.07, 6.45) is 0.905. The van der Waals surface area contributed by atoms with E-state index in [-0.39, 0.29) is 0 Å². The molecule has 3 rings (SSSR count). The fourth-order valence-corrected chi connectivity index (χ4v) is 2.64. The zero-order chi connectivity index (χ0) is 14.1. The number of fused-ring (bicyclic) bond motifs is 1. The number of carboxylic acid groups (broad SMARTS) is 1. The van der Waals surface area contributed by atoms with Gasteiger partial charge < -0.3 is 15.1 Å². The van der Waals surface area contributed by atoms with Crippen molar-refractivity contribution >= 4 is 11.7 Å². The van der Waals surface area contributed by atoms with Crippen molar-refractivity contribution in [3.05, 3.63) is 59.2 Å². The third-order valence-electron chi connectivity index (χ3n) is 3.60. The van der Waals surface area contributed by atoms with Crippen molar-refractivity contribution in [3.63, 3.8) is 0 Å². The first kappa shape index (κ1) is 12.5. The molecule has 2 aromatic rings. The third-order valence-corrected chi connectivity index (χ3v) is 3.60. The molecule has 0 fully saturated rings. The lowest BCUT2D eigenvalue weighted by atomic mass is 10.1. The highest BCUT2D eigenvalue weighted by atomic mass is 16.4. The molecule has 0 saturated heterocycles. The molecule has 0 saturated carbocycles. The van der Waals surface area contributed by atoms with Crippen LogP contribution in [0.15, 0.2) is 42.5 Å². The highest BCUT2D eigenvalue weighted by molar-refractivity contribution is 5.87. The van der Waals surface area contributed by atoms with E-state index in [2.05, 4.69) is 4.90 Å². The number of rotatable bonds is 3. The Kier molecular flexibility index (Phi) is 3.06. The predicted octanol–water partition coefficient (Wildman–Crippen LogP) is 2.65. The fourth-order valence-electron chi connectivity index (χ4n) is 2.64. The first-order chi connectivity index (χ1) is 9.63. The summed E-state index contributed by atoms with van der Waals surface area (Å²) in [7, 11) is 0. The lowest BCUT2D eigenvalue weighted by molar-refractivity contribution is 0.0696. The Hall–Kier alpha value is -2.49. The van der Waals surface area contributed by atoms with Crippen molar-refractivity contribution in [2.75, 3.05) is 11.4 Å². The Morgan fingerprint density at radius 2 is 2.05 bits per heavy atom. The van der Waals surface area contributed by atoms with Crippen LogP contribution in [-0.4, -0.2) is 22.7 Å². The van der Waals surface area contributed by atoms with Crippen LogP contribution in [0.2, 0.25) is 0 Å². The van der Waals surface area contributed by atoms with Crippen LogP contribution < -0.4 is 4.90 Å². The van der Waals surface area contributed by atoms with Crippen molar-refractivity contribution in [2.24, 2.45) is 0 Å². The van der Waals surface area contributed by atoms with Gasteiger partial charge in [-0.3, -0.25) is 0 Å². The summed E-state index contributed by atoms with van der Waals surface area (Å²) in [5, 5.41) is 18.5. The Morgan fingerprint density at radius 1 is 1.20 bits per heavy atom. The number of anilines is 1. The largest absolute Gasteiger partial charge is 0.508 e. The van der Waals surface area contributed by atoms with Crippen molar-refractivity contribution < 1.29 is 15.0 Å². The van der Waals surface area contributed by atoms with Gasteiger partial charge in [0.05, 0.1) is 5.56 Å². The number of aromatic hydroxyl groups is 1. The molecule has 0 unspecified atom stereocenters. The van der Waals surface area contributed by atoms with Gasteiger partial charge in [-0.25, -0.2) is 4.79 Å². The predicted molar refractivity (Wildman–Crippen MR) is 76.3 cm³/mol. The average Bonchev–Trinajstić information content (AvgIpc) is 2.81. The molecule has 4 heteroatoms. The van der Waals surface area contributed by atoms with Gasteiger partial charge in [-0.2, -0.15) is 0 Å². The number of phenolic OH excluding ortho intramolecular Hbond substituents is 1. The number of nitrogens with zero attached hydrogens (tertiary/aromatic N) is 1. The van der Waals surface area contributed by atoms with Crippen LogP contribution in [0, 0.1) is 0 Å². The summed E-state index contributed by atoms with van der Waals surface area (Å²) in [5.74, 6) is -0.614. The molecule has 1 heterocycles. The van der Waals surface area contributed by atoms with Crippen LogP contribution in [0.3, 0.4) is 0 Å². The number of benzene rings is 2. The quantitative estimate of drug-likeness (QED) is 0.899. The van der Waals surface area contributed by atoms with Gasteiger partial charge in [-0.05, 0) is 47.9 Å². The van der Waals surface area contributed by atoms with E-state index < -0.39 is 5.97 Å². The fraction of sp³-hybridized carbons (Fsp3) is 0.188. The maximum atomic E-state index is 11.0. The summed E-state index contributed by atoms with van der Waals surface area (Å²) < 4.78 is 0. The first-order valence-corrected chi connectivity index (χ1v) is 6.52. The van der Waals surface area contributed by atoms with Crippen molar-refractivity contribution in [1.29, 1.82) is 0 Å². The van der Waals surface area contributed by atoms with Gasteiger partial charge in [0.15, 0.2) is 0 Å². The molecule has 20 heavy (non-hydrogen) atoms. The molecule has 2 N–H and O–H groups in total. The molecular weight excluding hydrogens is 254 g/mol. The van der Waals surface area contributed by atoms with Gasteiger partial charge >= 0.3 is 5.97 Å². The SMILES string of the molecule is O=C(O)c1cccc(CN2CCc3cc(O)ccc32)c1. The van der Waals surface area contributed by atoms with Gasteiger partial charge in [-0.1, -0.05) is 12.1 Å². The van der Waals surface area contributed by atoms with Gasteiger partial charge in [0.1, 0.15) is 5.75 Å². The van der Waals surface area contributed by atoms with Crippen LogP contribution in [0.1, 0.15) is 21.5 Å². The molecule has 1 aliphatic heterocycles. The highest BCUT2D eigenvalue weighted by Gasteiger charge is 2.19. The second-order valence-electron chi connectivity index (χ2n) is 4.99. The van der Waals surface area contributed by atoms with Crippen LogP contribution in [0.4, 0.5) is 5.69 Å². The molecule has 102 valence electrons. The summed E-state index contributed by atoms with van der Waals surface area (Å²) in [5.41, 5.74) is 3.54. The molecule has 0 bridgehead atoms. The zero-order valence-electron chi connectivity index (χ0n) is 10.9. The minimum Gasteiger partial charge on any atom is -0.508 e. The summed E-state index contributed by atoms with van der Waals surface area (Å²) >= 11 is 0. The lowest BCUT2D eigenvalue weighted by Crippen LogP contribution is -2.19. The van der Waals surface area contributed by atoms with E-state index in [0.717, 1.165) is 29.8 Å². The number of carboxylic acids is 1. The smallest absolute Gasteiger partial charge is 0.335 e. The standard InChI is InChI=1S/C16H15NO3/c18-14-4-5-15-12(9-14)6-7-17(15)10-11-2-1-3-13(8-11)16(19)20/h1-5,8-9,18H,6-7,10H2,(H,19,20). The number of carbonyl (C=O) groups is 1. The Bertz CT molecular complexity index is 667. The van der Waals surface area contributed by atoms with Gasteiger partial charge in [0, 0.05) is 18.8 Å². The Labute approximate surface area is 116 Å². The second kappa shape index (κ2) is 4.89. The molecular formula is C16H15NO3.